The van der Waals surface area contributed by atoms with Crippen LogP contribution in [0.15, 0.2) is 29.6 Å². The molecule has 0 aliphatic carbocycles. The molecule has 110 valence electrons. The first-order chi connectivity index (χ1) is 9.93. The number of nitrogens with zero attached hydrogens (tertiary/aromatic N) is 2. The second-order valence-corrected chi connectivity index (χ2v) is 4.49. The van der Waals surface area contributed by atoms with Gasteiger partial charge in [0.25, 0.3) is 0 Å². The lowest BCUT2D eigenvalue weighted by Crippen LogP contribution is -2.26. The summed E-state index contributed by atoms with van der Waals surface area (Å²) < 4.78 is 1.16. The SMILES string of the molecule is C=CCc1nc(=O)n(CCC(=O)O)c2cc(O)c(O)cc12. The molecule has 1 aromatic carbocycles. The lowest BCUT2D eigenvalue weighted by atomic mass is 10.1. The number of aromatic nitrogens is 2. The van der Waals surface area contributed by atoms with Crippen molar-refractivity contribution in [3.05, 3.63) is 41.0 Å². The first kappa shape index (κ1) is 14.6. The van der Waals surface area contributed by atoms with Crippen molar-refractivity contribution in [2.24, 2.45) is 0 Å². The number of fused-ring (bicyclic) bond motifs is 1. The average molecular weight is 290 g/mol. The fraction of sp³-hybridized carbons (Fsp3) is 0.214. The second kappa shape index (κ2) is 5.66. The zero-order valence-corrected chi connectivity index (χ0v) is 11.1. The lowest BCUT2D eigenvalue weighted by Gasteiger charge is -2.12. The highest BCUT2D eigenvalue weighted by Crippen LogP contribution is 2.30. The number of allylic oxidation sites excluding steroid dienone is 1. The molecule has 7 nitrogen and oxygen atoms in total. The largest absolute Gasteiger partial charge is 0.504 e. The van der Waals surface area contributed by atoms with Crippen LogP contribution >= 0.6 is 0 Å². The van der Waals surface area contributed by atoms with Gasteiger partial charge >= 0.3 is 11.7 Å². The van der Waals surface area contributed by atoms with E-state index in [1.165, 1.54) is 12.1 Å². The molecule has 0 amide bonds. The molecule has 0 unspecified atom stereocenters. The van der Waals surface area contributed by atoms with Crippen LogP contribution in [0.5, 0.6) is 11.5 Å². The number of hydrogen-bond donors (Lipinski definition) is 3. The molecular weight excluding hydrogens is 276 g/mol. The Morgan fingerprint density at radius 1 is 1.33 bits per heavy atom. The molecule has 2 aromatic rings. The zero-order chi connectivity index (χ0) is 15.6. The van der Waals surface area contributed by atoms with E-state index in [0.717, 1.165) is 4.57 Å². The van der Waals surface area contributed by atoms with Crippen LogP contribution < -0.4 is 5.69 Å². The summed E-state index contributed by atoms with van der Waals surface area (Å²) in [5.41, 5.74) is 0.126. The van der Waals surface area contributed by atoms with Crippen LogP contribution in [-0.2, 0) is 17.8 Å². The predicted molar refractivity (Wildman–Crippen MR) is 75.5 cm³/mol. The molecule has 21 heavy (non-hydrogen) atoms. The Morgan fingerprint density at radius 2 is 2.00 bits per heavy atom. The Labute approximate surface area is 119 Å². The topological polar surface area (TPSA) is 113 Å². The maximum atomic E-state index is 12.0. The van der Waals surface area contributed by atoms with Crippen molar-refractivity contribution in [1.29, 1.82) is 0 Å². The fourth-order valence-electron chi connectivity index (χ4n) is 2.08. The molecule has 7 heteroatoms. The number of phenolic OH excluding ortho intramolecular Hbond substituents is 2. The third-order valence-electron chi connectivity index (χ3n) is 3.04. The van der Waals surface area contributed by atoms with E-state index >= 15 is 0 Å². The highest BCUT2D eigenvalue weighted by Gasteiger charge is 2.13. The van der Waals surface area contributed by atoms with Gasteiger partial charge in [0.2, 0.25) is 0 Å². The molecule has 0 fully saturated rings. The van der Waals surface area contributed by atoms with Crippen LogP contribution in [-0.4, -0.2) is 30.8 Å². The van der Waals surface area contributed by atoms with Crippen LogP contribution in [0, 0.1) is 0 Å². The summed E-state index contributed by atoms with van der Waals surface area (Å²) in [7, 11) is 0. The minimum Gasteiger partial charge on any atom is -0.504 e. The van der Waals surface area contributed by atoms with Gasteiger partial charge in [-0.25, -0.2) is 4.79 Å². The van der Waals surface area contributed by atoms with Gasteiger partial charge in [0.1, 0.15) is 0 Å². The Kier molecular flexibility index (Phi) is 3.93. The Balaban J connectivity index is 2.73. The predicted octanol–water partition coefficient (Wildman–Crippen LogP) is 1.01. The molecule has 0 aliphatic heterocycles. The first-order valence-corrected chi connectivity index (χ1v) is 6.22. The molecule has 0 bridgehead atoms. The number of aliphatic carboxylic acids is 1. The zero-order valence-electron chi connectivity index (χ0n) is 11.1. The van der Waals surface area contributed by atoms with Gasteiger partial charge in [-0.3, -0.25) is 9.36 Å². The molecule has 2 rings (SSSR count). The van der Waals surface area contributed by atoms with Crippen LogP contribution in [0.25, 0.3) is 10.9 Å². The van der Waals surface area contributed by atoms with Gasteiger partial charge in [-0.05, 0) is 6.07 Å². The third-order valence-corrected chi connectivity index (χ3v) is 3.04. The number of phenols is 2. The molecule has 0 saturated heterocycles. The Bertz CT molecular complexity index is 779. The van der Waals surface area contributed by atoms with E-state index in [1.807, 2.05) is 0 Å². The van der Waals surface area contributed by atoms with Crippen molar-refractivity contribution < 1.29 is 20.1 Å². The van der Waals surface area contributed by atoms with Gasteiger partial charge in [0.05, 0.1) is 17.6 Å². The summed E-state index contributed by atoms with van der Waals surface area (Å²) in [4.78, 5) is 26.6. The third kappa shape index (κ3) is 2.86. The molecule has 3 N–H and O–H groups in total. The number of carboxylic acids is 1. The number of carbonyl (C=O) groups is 1. The average Bonchev–Trinajstić information content (AvgIpc) is 2.40. The van der Waals surface area contributed by atoms with Crippen LogP contribution in [0.1, 0.15) is 12.1 Å². The van der Waals surface area contributed by atoms with Crippen LogP contribution in [0.4, 0.5) is 0 Å². The van der Waals surface area contributed by atoms with Gasteiger partial charge in [-0.1, -0.05) is 6.08 Å². The minimum atomic E-state index is -1.05. The van der Waals surface area contributed by atoms with Gasteiger partial charge in [-0.15, -0.1) is 6.58 Å². The standard InChI is InChI=1S/C14H14N2O5/c1-2-3-9-8-6-11(17)12(18)7-10(8)16(14(21)15-9)5-4-13(19)20/h2,6-7,17-18H,1,3-5H2,(H,19,20). The van der Waals surface area contributed by atoms with Crippen molar-refractivity contribution in [3.8, 4) is 11.5 Å². The molecule has 1 heterocycles. The molecule has 1 aromatic heterocycles. The van der Waals surface area contributed by atoms with Crippen LogP contribution in [0.3, 0.4) is 0 Å². The summed E-state index contributed by atoms with van der Waals surface area (Å²) in [6, 6.07) is 2.52. The van der Waals surface area contributed by atoms with E-state index in [2.05, 4.69) is 11.6 Å². The van der Waals surface area contributed by atoms with E-state index in [0.29, 0.717) is 23.0 Å². The maximum absolute atomic E-state index is 12.0. The van der Waals surface area contributed by atoms with E-state index in [9.17, 15) is 19.8 Å². The maximum Gasteiger partial charge on any atom is 0.348 e. The quantitative estimate of drug-likeness (QED) is 0.559. The summed E-state index contributed by atoms with van der Waals surface area (Å²) in [6.07, 6.45) is 1.63. The van der Waals surface area contributed by atoms with E-state index in [4.69, 9.17) is 5.11 Å². The van der Waals surface area contributed by atoms with E-state index in [-0.39, 0.29) is 24.5 Å². The molecule has 0 radical (unpaired) electrons. The number of aryl methyl sites for hydroxylation is 1. The highest BCUT2D eigenvalue weighted by atomic mass is 16.4. The smallest absolute Gasteiger partial charge is 0.348 e. The van der Waals surface area contributed by atoms with E-state index in [1.54, 1.807) is 6.08 Å². The van der Waals surface area contributed by atoms with Gasteiger partial charge in [0, 0.05) is 24.4 Å². The highest BCUT2D eigenvalue weighted by molar-refractivity contribution is 5.85. The van der Waals surface area contributed by atoms with Crippen molar-refractivity contribution in [1.82, 2.24) is 9.55 Å². The van der Waals surface area contributed by atoms with Crippen molar-refractivity contribution in [2.75, 3.05) is 0 Å². The Morgan fingerprint density at radius 3 is 2.62 bits per heavy atom. The second-order valence-electron chi connectivity index (χ2n) is 4.49. The fourth-order valence-corrected chi connectivity index (χ4v) is 2.08. The molecular formula is C14H14N2O5. The molecule has 0 atom stereocenters. The number of benzene rings is 1. The molecule has 0 spiro atoms. The van der Waals surface area contributed by atoms with E-state index < -0.39 is 11.7 Å². The van der Waals surface area contributed by atoms with Gasteiger partial charge in [-0.2, -0.15) is 4.98 Å². The minimum absolute atomic E-state index is 0.0732. The van der Waals surface area contributed by atoms with Gasteiger partial charge in [0.15, 0.2) is 11.5 Å². The summed E-state index contributed by atoms with van der Waals surface area (Å²) in [6.45, 7) is 3.50. The summed E-state index contributed by atoms with van der Waals surface area (Å²) >= 11 is 0. The number of carboxylic acid groups (broad SMARTS) is 1. The monoisotopic (exact) mass is 290 g/mol. The van der Waals surface area contributed by atoms with Crippen molar-refractivity contribution in [3.63, 3.8) is 0 Å². The molecule has 0 saturated carbocycles. The first-order valence-electron chi connectivity index (χ1n) is 6.22. The molecule has 0 aliphatic rings. The van der Waals surface area contributed by atoms with Crippen LogP contribution in [0.2, 0.25) is 0 Å². The van der Waals surface area contributed by atoms with Crippen molar-refractivity contribution >= 4 is 16.9 Å². The number of hydrogen-bond acceptors (Lipinski definition) is 5. The Hall–Kier alpha value is -2.83. The van der Waals surface area contributed by atoms with Gasteiger partial charge < -0.3 is 15.3 Å². The number of rotatable bonds is 5. The lowest BCUT2D eigenvalue weighted by molar-refractivity contribution is -0.137. The van der Waals surface area contributed by atoms with Crippen molar-refractivity contribution in [2.45, 2.75) is 19.4 Å². The summed E-state index contributed by atoms with van der Waals surface area (Å²) in [5.74, 6) is -1.77. The number of aromatic hydroxyl groups is 2. The summed E-state index contributed by atoms with van der Waals surface area (Å²) in [5, 5.41) is 28.4. The normalized spacial score (nSPS) is 10.7.